The molecule has 0 spiro atoms. The van der Waals surface area contributed by atoms with Crippen molar-refractivity contribution in [2.75, 3.05) is 31.2 Å². The quantitative estimate of drug-likeness (QED) is 0.889. The Kier molecular flexibility index (Phi) is 4.00. The maximum absolute atomic E-state index is 5.61. The fraction of sp³-hybridized carbons (Fsp3) is 0.846. The molecular weight excluding hydrogens is 260 g/mol. The number of aromatic nitrogens is 2. The largest absolute Gasteiger partial charge is 0.377 e. The van der Waals surface area contributed by atoms with Gasteiger partial charge in [-0.2, -0.15) is 4.37 Å². The van der Waals surface area contributed by atoms with Gasteiger partial charge in [-0.25, -0.2) is 4.98 Å². The van der Waals surface area contributed by atoms with Crippen LogP contribution in [0, 0.1) is 0 Å². The zero-order valence-electron chi connectivity index (χ0n) is 11.6. The Morgan fingerprint density at radius 1 is 1.47 bits per heavy atom. The van der Waals surface area contributed by atoms with E-state index in [0.29, 0.717) is 18.0 Å². The number of nitrogens with zero attached hydrogens (tertiary/aromatic N) is 3. The molecule has 1 aromatic rings. The number of hydrogen-bond acceptors (Lipinski definition) is 6. The zero-order chi connectivity index (χ0) is 13.2. The molecule has 1 atom stereocenters. The molecule has 1 saturated carbocycles. The lowest BCUT2D eigenvalue weighted by molar-refractivity contribution is 0.0931. The van der Waals surface area contributed by atoms with Gasteiger partial charge < -0.3 is 15.0 Å². The number of ether oxygens (including phenoxy) is 1. The van der Waals surface area contributed by atoms with Crippen molar-refractivity contribution in [1.29, 1.82) is 0 Å². The smallest absolute Gasteiger partial charge is 0.205 e. The van der Waals surface area contributed by atoms with Crippen molar-refractivity contribution >= 4 is 16.7 Å². The average molecular weight is 282 g/mol. The zero-order valence-corrected chi connectivity index (χ0v) is 12.4. The number of anilines is 1. The lowest BCUT2D eigenvalue weighted by Gasteiger charge is -2.35. The molecule has 1 aliphatic carbocycles. The molecule has 2 heterocycles. The Labute approximate surface area is 118 Å². The maximum Gasteiger partial charge on any atom is 0.205 e. The van der Waals surface area contributed by atoms with E-state index in [2.05, 4.69) is 28.4 Å². The van der Waals surface area contributed by atoms with E-state index in [1.165, 1.54) is 12.8 Å². The van der Waals surface area contributed by atoms with Gasteiger partial charge >= 0.3 is 0 Å². The van der Waals surface area contributed by atoms with Crippen LogP contribution in [0.2, 0.25) is 0 Å². The van der Waals surface area contributed by atoms with Crippen LogP contribution in [0.5, 0.6) is 0 Å². The Morgan fingerprint density at radius 3 is 3.05 bits per heavy atom. The summed E-state index contributed by atoms with van der Waals surface area (Å²) in [4.78, 5) is 7.09. The predicted molar refractivity (Wildman–Crippen MR) is 77.0 cm³/mol. The molecule has 0 amide bonds. The Hall–Kier alpha value is -0.720. The Morgan fingerprint density at radius 2 is 2.32 bits per heavy atom. The molecule has 2 aliphatic rings. The maximum atomic E-state index is 5.61. The molecule has 0 aromatic carbocycles. The molecular formula is C13H22N4OS. The van der Waals surface area contributed by atoms with Gasteiger partial charge in [-0.05, 0) is 12.8 Å². The van der Waals surface area contributed by atoms with Crippen molar-refractivity contribution in [3.63, 3.8) is 0 Å². The van der Waals surface area contributed by atoms with Crippen LogP contribution in [0.1, 0.15) is 38.4 Å². The molecule has 2 fully saturated rings. The Balaban J connectivity index is 1.67. The summed E-state index contributed by atoms with van der Waals surface area (Å²) >= 11 is 1.54. The van der Waals surface area contributed by atoms with E-state index >= 15 is 0 Å². The van der Waals surface area contributed by atoms with Crippen LogP contribution >= 0.6 is 11.5 Å². The average Bonchev–Trinajstić information content (AvgIpc) is 3.15. The number of nitrogens with one attached hydrogen (secondary N) is 1. The van der Waals surface area contributed by atoms with Crippen LogP contribution in [0.3, 0.4) is 0 Å². The van der Waals surface area contributed by atoms with Gasteiger partial charge in [0.1, 0.15) is 5.82 Å². The van der Waals surface area contributed by atoms with E-state index in [4.69, 9.17) is 9.72 Å². The summed E-state index contributed by atoms with van der Waals surface area (Å²) in [5.74, 6) is 1.69. The second kappa shape index (κ2) is 5.73. The first kappa shape index (κ1) is 13.3. The van der Waals surface area contributed by atoms with Crippen LogP contribution in [0.15, 0.2) is 0 Å². The SMILES string of the molecule is CC(C)NCC1COCCN1c1nc(C2CC2)ns1. The van der Waals surface area contributed by atoms with E-state index in [1.54, 1.807) is 11.5 Å². The van der Waals surface area contributed by atoms with Crippen molar-refractivity contribution in [3.8, 4) is 0 Å². The van der Waals surface area contributed by atoms with Crippen LogP contribution in [-0.2, 0) is 4.74 Å². The number of hydrogen-bond donors (Lipinski definition) is 1. The van der Waals surface area contributed by atoms with Gasteiger partial charge in [-0.3, -0.25) is 0 Å². The molecule has 1 unspecified atom stereocenters. The van der Waals surface area contributed by atoms with Gasteiger partial charge in [0.2, 0.25) is 5.13 Å². The highest BCUT2D eigenvalue weighted by molar-refractivity contribution is 7.09. The highest BCUT2D eigenvalue weighted by Gasteiger charge is 2.31. The topological polar surface area (TPSA) is 50.3 Å². The van der Waals surface area contributed by atoms with E-state index < -0.39 is 0 Å². The molecule has 106 valence electrons. The second-order valence-electron chi connectivity index (χ2n) is 5.69. The molecule has 1 aliphatic heterocycles. The molecule has 0 bridgehead atoms. The lowest BCUT2D eigenvalue weighted by atomic mass is 10.2. The van der Waals surface area contributed by atoms with Crippen molar-refractivity contribution in [2.45, 2.75) is 44.7 Å². The first-order chi connectivity index (χ1) is 9.24. The van der Waals surface area contributed by atoms with Gasteiger partial charge in [0.05, 0.1) is 19.3 Å². The highest BCUT2D eigenvalue weighted by atomic mass is 32.1. The molecule has 1 aromatic heterocycles. The summed E-state index contributed by atoms with van der Waals surface area (Å²) in [6.45, 7) is 7.77. The van der Waals surface area contributed by atoms with Crippen molar-refractivity contribution < 1.29 is 4.74 Å². The van der Waals surface area contributed by atoms with Gasteiger partial charge in [0.15, 0.2) is 0 Å². The van der Waals surface area contributed by atoms with Crippen molar-refractivity contribution in [1.82, 2.24) is 14.7 Å². The summed E-state index contributed by atoms with van der Waals surface area (Å²) < 4.78 is 10.1. The third kappa shape index (κ3) is 3.24. The van der Waals surface area contributed by atoms with Crippen LogP contribution in [-0.4, -0.2) is 47.7 Å². The fourth-order valence-corrected chi connectivity index (χ4v) is 3.14. The monoisotopic (exact) mass is 282 g/mol. The van der Waals surface area contributed by atoms with Crippen LogP contribution in [0.25, 0.3) is 0 Å². The normalized spacial score (nSPS) is 24.2. The van der Waals surface area contributed by atoms with E-state index in [0.717, 1.165) is 37.3 Å². The summed E-state index contributed by atoms with van der Waals surface area (Å²) in [6, 6.07) is 0.872. The van der Waals surface area contributed by atoms with Gasteiger partial charge in [0.25, 0.3) is 0 Å². The number of morpholine rings is 1. The third-order valence-corrected chi connectivity index (χ3v) is 4.38. The van der Waals surface area contributed by atoms with E-state index in [9.17, 15) is 0 Å². The summed E-state index contributed by atoms with van der Waals surface area (Å²) in [6.07, 6.45) is 2.52. The summed E-state index contributed by atoms with van der Waals surface area (Å²) in [7, 11) is 0. The fourth-order valence-electron chi connectivity index (χ4n) is 2.30. The summed E-state index contributed by atoms with van der Waals surface area (Å²) in [5.41, 5.74) is 0. The second-order valence-corrected chi connectivity index (χ2v) is 6.42. The van der Waals surface area contributed by atoms with Crippen LogP contribution in [0.4, 0.5) is 5.13 Å². The van der Waals surface area contributed by atoms with Crippen molar-refractivity contribution in [3.05, 3.63) is 5.82 Å². The molecule has 3 rings (SSSR count). The van der Waals surface area contributed by atoms with Gasteiger partial charge in [-0.1, -0.05) is 13.8 Å². The first-order valence-corrected chi connectivity index (χ1v) is 7.92. The molecule has 1 saturated heterocycles. The molecule has 1 N–H and O–H groups in total. The molecule has 5 nitrogen and oxygen atoms in total. The standard InChI is InChI=1S/C13H22N4OS/c1-9(2)14-7-11-8-18-6-5-17(11)13-15-12(16-19-13)10-3-4-10/h9-11,14H,3-8H2,1-2H3. The highest BCUT2D eigenvalue weighted by Crippen LogP contribution is 2.40. The van der Waals surface area contributed by atoms with Gasteiger partial charge in [-0.15, -0.1) is 0 Å². The molecule has 19 heavy (non-hydrogen) atoms. The van der Waals surface area contributed by atoms with E-state index in [1.807, 2.05) is 0 Å². The predicted octanol–water partition coefficient (Wildman–Crippen LogP) is 1.62. The van der Waals surface area contributed by atoms with Gasteiger partial charge in [0, 0.05) is 36.6 Å². The minimum Gasteiger partial charge on any atom is -0.377 e. The first-order valence-electron chi connectivity index (χ1n) is 7.15. The van der Waals surface area contributed by atoms with Crippen LogP contribution < -0.4 is 10.2 Å². The minimum absolute atomic E-state index is 0.371. The molecule has 0 radical (unpaired) electrons. The van der Waals surface area contributed by atoms with E-state index in [-0.39, 0.29) is 0 Å². The summed E-state index contributed by atoms with van der Waals surface area (Å²) in [5, 5.41) is 4.56. The Bertz CT molecular complexity index is 419. The lowest BCUT2D eigenvalue weighted by Crippen LogP contribution is -2.51. The molecule has 6 heteroatoms. The van der Waals surface area contributed by atoms with Crippen molar-refractivity contribution in [2.24, 2.45) is 0 Å². The number of rotatable bonds is 5. The third-order valence-electron chi connectivity index (χ3n) is 3.61. The minimum atomic E-state index is 0.371.